The third kappa shape index (κ3) is 1.41. The molecule has 0 amide bonds. The summed E-state index contributed by atoms with van der Waals surface area (Å²) in [5.41, 5.74) is 2.09. The number of rotatable bonds is 1. The molecular weight excluding hydrogens is 181 g/mol. The fourth-order valence-corrected chi connectivity index (χ4v) is 1.43. The fraction of sp³-hybridized carbons (Fsp3) is 0.182. The molecule has 2 aromatic rings. The Morgan fingerprint density at radius 2 is 2.07 bits per heavy atom. The van der Waals surface area contributed by atoms with E-state index >= 15 is 0 Å². The van der Waals surface area contributed by atoms with E-state index in [4.69, 9.17) is 4.52 Å². The predicted octanol–water partition coefficient (Wildman–Crippen LogP) is 3.10. The third-order valence-corrected chi connectivity index (χ3v) is 2.10. The molecule has 0 saturated heterocycles. The summed E-state index contributed by atoms with van der Waals surface area (Å²) in [5.74, 6) is 0.208. The number of aromatic nitrogens is 1. The maximum Gasteiger partial charge on any atom is 0.170 e. The van der Waals surface area contributed by atoms with Gasteiger partial charge in [-0.1, -0.05) is 17.3 Å². The van der Waals surface area contributed by atoms with Crippen molar-refractivity contribution in [2.75, 3.05) is 0 Å². The molecule has 0 aliphatic heterocycles. The molecule has 1 aromatic carbocycles. The van der Waals surface area contributed by atoms with Gasteiger partial charge in [-0.3, -0.25) is 0 Å². The van der Waals surface area contributed by atoms with E-state index in [1.165, 1.54) is 6.07 Å². The summed E-state index contributed by atoms with van der Waals surface area (Å²) in [4.78, 5) is 0. The zero-order valence-corrected chi connectivity index (χ0v) is 8.04. The first-order valence-corrected chi connectivity index (χ1v) is 4.37. The van der Waals surface area contributed by atoms with Crippen molar-refractivity contribution in [2.24, 2.45) is 0 Å². The standard InChI is InChI=1S/C11H10FNO/c1-7-4-3-5-9(12)11(7)10-6-8(2)13-14-10/h3-6H,1-2H3. The number of aryl methyl sites for hydroxylation is 2. The first kappa shape index (κ1) is 8.94. The highest BCUT2D eigenvalue weighted by atomic mass is 19.1. The van der Waals surface area contributed by atoms with Crippen LogP contribution in [0.15, 0.2) is 28.8 Å². The van der Waals surface area contributed by atoms with E-state index in [1.807, 2.05) is 19.9 Å². The molecule has 0 fully saturated rings. The second-order valence-electron chi connectivity index (χ2n) is 3.26. The lowest BCUT2D eigenvalue weighted by molar-refractivity contribution is 0.424. The molecule has 0 aliphatic rings. The van der Waals surface area contributed by atoms with Gasteiger partial charge in [0.1, 0.15) is 5.82 Å². The van der Waals surface area contributed by atoms with Crippen LogP contribution in [0.5, 0.6) is 0 Å². The van der Waals surface area contributed by atoms with Crippen LogP contribution in [0.3, 0.4) is 0 Å². The van der Waals surface area contributed by atoms with Crippen LogP contribution < -0.4 is 0 Å². The molecule has 14 heavy (non-hydrogen) atoms. The van der Waals surface area contributed by atoms with Crippen molar-refractivity contribution in [3.8, 4) is 11.3 Å². The summed E-state index contributed by atoms with van der Waals surface area (Å²) >= 11 is 0. The largest absolute Gasteiger partial charge is 0.356 e. The SMILES string of the molecule is Cc1cc(-c2c(C)cccc2F)on1. The third-order valence-electron chi connectivity index (χ3n) is 2.10. The second-order valence-corrected chi connectivity index (χ2v) is 3.26. The van der Waals surface area contributed by atoms with Crippen LogP contribution in [0.1, 0.15) is 11.3 Å². The van der Waals surface area contributed by atoms with Crippen LogP contribution in [-0.2, 0) is 0 Å². The monoisotopic (exact) mass is 191 g/mol. The number of halogens is 1. The Kier molecular flexibility index (Phi) is 2.08. The number of hydrogen-bond donors (Lipinski definition) is 0. The van der Waals surface area contributed by atoms with E-state index in [0.29, 0.717) is 11.3 Å². The van der Waals surface area contributed by atoms with Gasteiger partial charge in [0.05, 0.1) is 11.3 Å². The maximum absolute atomic E-state index is 13.5. The average molecular weight is 191 g/mol. The second kappa shape index (κ2) is 3.25. The van der Waals surface area contributed by atoms with Gasteiger partial charge in [-0.05, 0) is 25.5 Å². The lowest BCUT2D eigenvalue weighted by Gasteiger charge is -2.01. The van der Waals surface area contributed by atoms with Crippen LogP contribution in [-0.4, -0.2) is 5.16 Å². The molecule has 0 atom stereocenters. The Bertz CT molecular complexity index is 442. The minimum Gasteiger partial charge on any atom is -0.356 e. The molecule has 1 heterocycles. The van der Waals surface area contributed by atoms with E-state index in [0.717, 1.165) is 11.3 Å². The summed E-state index contributed by atoms with van der Waals surface area (Å²) in [7, 11) is 0. The van der Waals surface area contributed by atoms with Crippen molar-refractivity contribution < 1.29 is 8.91 Å². The van der Waals surface area contributed by atoms with Crippen molar-refractivity contribution in [2.45, 2.75) is 13.8 Å². The quantitative estimate of drug-likeness (QED) is 0.692. The van der Waals surface area contributed by atoms with Gasteiger partial charge in [0.2, 0.25) is 0 Å². The van der Waals surface area contributed by atoms with Gasteiger partial charge in [-0.25, -0.2) is 4.39 Å². The molecule has 72 valence electrons. The smallest absolute Gasteiger partial charge is 0.170 e. The predicted molar refractivity (Wildman–Crippen MR) is 51.4 cm³/mol. The van der Waals surface area contributed by atoms with Gasteiger partial charge in [-0.15, -0.1) is 0 Å². The Labute approximate surface area is 81.3 Å². The molecule has 2 nitrogen and oxygen atoms in total. The van der Waals surface area contributed by atoms with Gasteiger partial charge >= 0.3 is 0 Å². The highest BCUT2D eigenvalue weighted by Crippen LogP contribution is 2.26. The summed E-state index contributed by atoms with van der Waals surface area (Å²) in [6.07, 6.45) is 0. The minimum atomic E-state index is -0.277. The van der Waals surface area contributed by atoms with E-state index in [9.17, 15) is 4.39 Å². The topological polar surface area (TPSA) is 26.0 Å². The molecule has 2 rings (SSSR count). The normalized spacial score (nSPS) is 10.5. The molecule has 0 saturated carbocycles. The number of benzene rings is 1. The Hall–Kier alpha value is -1.64. The van der Waals surface area contributed by atoms with Gasteiger partial charge in [0.15, 0.2) is 5.76 Å². The van der Waals surface area contributed by atoms with Gasteiger partial charge in [0.25, 0.3) is 0 Å². The summed E-state index contributed by atoms with van der Waals surface area (Å²) in [5, 5.41) is 3.73. The zero-order valence-electron chi connectivity index (χ0n) is 8.04. The van der Waals surface area contributed by atoms with Crippen molar-refractivity contribution in [1.29, 1.82) is 0 Å². The van der Waals surface area contributed by atoms with E-state index in [1.54, 1.807) is 12.1 Å². The van der Waals surface area contributed by atoms with Crippen molar-refractivity contribution >= 4 is 0 Å². The molecule has 0 bridgehead atoms. The fourth-order valence-electron chi connectivity index (χ4n) is 1.43. The van der Waals surface area contributed by atoms with Crippen LogP contribution in [0.4, 0.5) is 4.39 Å². The first-order chi connectivity index (χ1) is 6.68. The molecule has 0 unspecified atom stereocenters. The summed E-state index contributed by atoms with van der Waals surface area (Å²) in [6, 6.07) is 6.67. The first-order valence-electron chi connectivity index (χ1n) is 4.37. The summed E-state index contributed by atoms with van der Waals surface area (Å²) in [6.45, 7) is 3.65. The van der Waals surface area contributed by atoms with Gasteiger partial charge in [0, 0.05) is 6.07 Å². The van der Waals surface area contributed by atoms with Crippen LogP contribution in [0.25, 0.3) is 11.3 Å². The number of nitrogens with zero attached hydrogens (tertiary/aromatic N) is 1. The highest BCUT2D eigenvalue weighted by molar-refractivity contribution is 5.62. The van der Waals surface area contributed by atoms with Gasteiger partial charge in [-0.2, -0.15) is 0 Å². The highest BCUT2D eigenvalue weighted by Gasteiger charge is 2.11. The Balaban J connectivity index is 2.61. The van der Waals surface area contributed by atoms with E-state index in [2.05, 4.69) is 5.16 Å². The molecule has 0 radical (unpaired) electrons. The minimum absolute atomic E-state index is 0.277. The molecule has 3 heteroatoms. The van der Waals surface area contributed by atoms with Crippen molar-refractivity contribution in [1.82, 2.24) is 5.16 Å². The molecular formula is C11H10FNO. The molecule has 0 spiro atoms. The van der Waals surface area contributed by atoms with Crippen LogP contribution in [0, 0.1) is 19.7 Å². The average Bonchev–Trinajstić information content (AvgIpc) is 2.51. The van der Waals surface area contributed by atoms with E-state index < -0.39 is 0 Å². The van der Waals surface area contributed by atoms with Crippen LogP contribution in [0.2, 0.25) is 0 Å². The van der Waals surface area contributed by atoms with Crippen molar-refractivity contribution in [3.05, 3.63) is 41.3 Å². The maximum atomic E-state index is 13.5. The zero-order chi connectivity index (χ0) is 10.1. The Morgan fingerprint density at radius 3 is 2.64 bits per heavy atom. The van der Waals surface area contributed by atoms with Crippen molar-refractivity contribution in [3.63, 3.8) is 0 Å². The van der Waals surface area contributed by atoms with Crippen LogP contribution >= 0.6 is 0 Å². The van der Waals surface area contributed by atoms with Gasteiger partial charge < -0.3 is 4.52 Å². The number of hydrogen-bond acceptors (Lipinski definition) is 2. The Morgan fingerprint density at radius 1 is 1.29 bits per heavy atom. The molecule has 1 aromatic heterocycles. The molecule has 0 N–H and O–H groups in total. The van der Waals surface area contributed by atoms with E-state index in [-0.39, 0.29) is 5.82 Å². The summed E-state index contributed by atoms with van der Waals surface area (Å²) < 4.78 is 18.5. The lowest BCUT2D eigenvalue weighted by atomic mass is 10.1. The molecule has 0 aliphatic carbocycles. The lowest BCUT2D eigenvalue weighted by Crippen LogP contribution is -1.86.